The number of aromatic nitrogens is 2. The van der Waals surface area contributed by atoms with Crippen LogP contribution in [0.2, 0.25) is 0 Å². The molecule has 3 aliphatic heterocycles. The lowest BCUT2D eigenvalue weighted by Crippen LogP contribution is -2.60. The van der Waals surface area contributed by atoms with Crippen molar-refractivity contribution in [1.82, 2.24) is 34.9 Å². The molecule has 3 aromatic carbocycles. The van der Waals surface area contributed by atoms with Crippen molar-refractivity contribution in [1.29, 1.82) is 0 Å². The van der Waals surface area contributed by atoms with Gasteiger partial charge in [-0.1, -0.05) is 66.7 Å². The van der Waals surface area contributed by atoms with Crippen molar-refractivity contribution in [3.8, 4) is 0 Å². The number of carbonyl (C=O) groups is 7. The third-order valence-electron chi connectivity index (χ3n) is 14.4. The first-order valence-corrected chi connectivity index (χ1v) is 23.7. The summed E-state index contributed by atoms with van der Waals surface area (Å²) in [6, 6.07) is 20.1. The minimum atomic E-state index is -1.11. The van der Waals surface area contributed by atoms with Gasteiger partial charge in [0.15, 0.2) is 0 Å². The van der Waals surface area contributed by atoms with Crippen LogP contribution in [0, 0.1) is 11.8 Å². The zero-order valence-corrected chi connectivity index (χ0v) is 37.9. The van der Waals surface area contributed by atoms with Gasteiger partial charge in [-0.25, -0.2) is 4.79 Å². The molecule has 8 rings (SSSR count). The van der Waals surface area contributed by atoms with Crippen molar-refractivity contribution in [2.24, 2.45) is 30.4 Å². The number of piperidine rings is 1. The van der Waals surface area contributed by atoms with E-state index < -0.39 is 59.7 Å². The van der Waals surface area contributed by atoms with E-state index in [9.17, 15) is 38.4 Å². The standard InChI is InChI=1S/C50H61N9O8/c1-56-41-28-31(16-21-38(41)59(50(56)67)40-23-25-43(61)54-47(40)64)13-12-30-14-17-34(18-15-30)48(65)57-27-26-35-19-22-39(58(35)49(66)36(51)29-57)46(63)53-37(20-24-42(52)60)45(62)55-44(32-8-4-2-5-9-32)33-10-6-3-7-11-33/h2-11,16,21,28,30,34-37,39-40,44H,12-15,17-20,22-27,29,51H2,1H3,(H2,52,60)(H,53,63)(H,55,62)(H,54,61,64)/t30-,34+,35-,36+,37+,39+,40?/m1/s1. The molecular weight excluding hydrogens is 855 g/mol. The Labute approximate surface area is 389 Å². The summed E-state index contributed by atoms with van der Waals surface area (Å²) in [6.45, 7) is 0.435. The predicted octanol–water partition coefficient (Wildman–Crippen LogP) is 2.63. The number of benzene rings is 3. The summed E-state index contributed by atoms with van der Waals surface area (Å²) in [4.78, 5) is 109. The summed E-state index contributed by atoms with van der Waals surface area (Å²) in [6.07, 6.45) is 6.58. The third kappa shape index (κ3) is 10.4. The second-order valence-electron chi connectivity index (χ2n) is 18.8. The van der Waals surface area contributed by atoms with Crippen LogP contribution in [0.5, 0.6) is 0 Å². The number of imide groups is 1. The molecule has 3 saturated heterocycles. The number of primary amides is 1. The van der Waals surface area contributed by atoms with Crippen LogP contribution >= 0.6 is 0 Å². The summed E-state index contributed by atoms with van der Waals surface area (Å²) < 4.78 is 3.03. The molecule has 4 aliphatic rings. The number of carbonyl (C=O) groups excluding carboxylic acids is 7. The highest BCUT2D eigenvalue weighted by atomic mass is 16.2. The highest BCUT2D eigenvalue weighted by Gasteiger charge is 2.45. The molecule has 1 saturated carbocycles. The number of nitrogens with two attached hydrogens (primary N) is 2. The molecule has 17 nitrogen and oxygen atoms in total. The highest BCUT2D eigenvalue weighted by molar-refractivity contribution is 6.00. The summed E-state index contributed by atoms with van der Waals surface area (Å²) >= 11 is 0. The van der Waals surface area contributed by atoms with E-state index in [4.69, 9.17) is 11.5 Å². The molecule has 1 unspecified atom stereocenters. The van der Waals surface area contributed by atoms with Gasteiger partial charge in [-0.2, -0.15) is 0 Å². The number of rotatable bonds is 14. The Balaban J connectivity index is 0.850. The lowest BCUT2D eigenvalue weighted by atomic mass is 9.79. The van der Waals surface area contributed by atoms with Crippen molar-refractivity contribution in [3.63, 3.8) is 0 Å². The quantitative estimate of drug-likeness (QED) is 0.117. The normalized spacial score (nSPS) is 23.8. The van der Waals surface area contributed by atoms with Gasteiger partial charge in [-0.3, -0.25) is 48.0 Å². The van der Waals surface area contributed by atoms with Crippen LogP contribution in [0.25, 0.3) is 11.0 Å². The van der Waals surface area contributed by atoms with Gasteiger partial charge >= 0.3 is 5.69 Å². The van der Waals surface area contributed by atoms with E-state index >= 15 is 0 Å². The third-order valence-corrected chi connectivity index (χ3v) is 14.4. The van der Waals surface area contributed by atoms with Gasteiger partial charge in [0.1, 0.15) is 24.2 Å². The van der Waals surface area contributed by atoms with Gasteiger partial charge in [0.25, 0.3) is 0 Å². The van der Waals surface area contributed by atoms with Crippen LogP contribution in [0.3, 0.4) is 0 Å². The fraction of sp³-hybridized carbons (Fsp3) is 0.480. The van der Waals surface area contributed by atoms with E-state index in [0.717, 1.165) is 60.7 Å². The van der Waals surface area contributed by atoms with E-state index in [2.05, 4.69) is 16.0 Å². The zero-order chi connectivity index (χ0) is 47.4. The van der Waals surface area contributed by atoms with Crippen LogP contribution in [-0.4, -0.2) is 97.5 Å². The van der Waals surface area contributed by atoms with E-state index in [1.165, 1.54) is 4.57 Å². The number of aryl methyl sites for hydroxylation is 2. The van der Waals surface area contributed by atoms with Gasteiger partial charge in [-0.15, -0.1) is 0 Å². The van der Waals surface area contributed by atoms with Crippen molar-refractivity contribution in [3.05, 3.63) is 106 Å². The van der Waals surface area contributed by atoms with Crippen LogP contribution in [0.4, 0.5) is 0 Å². The van der Waals surface area contributed by atoms with E-state index in [-0.39, 0.29) is 61.7 Å². The average molecular weight is 916 g/mol. The fourth-order valence-electron chi connectivity index (χ4n) is 10.7. The minimum Gasteiger partial charge on any atom is -0.370 e. The molecule has 4 heterocycles. The maximum atomic E-state index is 14.1. The van der Waals surface area contributed by atoms with E-state index in [1.54, 1.807) is 21.4 Å². The van der Waals surface area contributed by atoms with Gasteiger partial charge in [0.2, 0.25) is 41.4 Å². The van der Waals surface area contributed by atoms with Crippen LogP contribution in [0.1, 0.15) is 106 Å². The summed E-state index contributed by atoms with van der Waals surface area (Å²) in [5.41, 5.74) is 15.9. The first-order chi connectivity index (χ1) is 32.3. The highest BCUT2D eigenvalue weighted by Crippen LogP contribution is 2.35. The molecule has 67 heavy (non-hydrogen) atoms. The largest absolute Gasteiger partial charge is 0.370 e. The van der Waals surface area contributed by atoms with Crippen LogP contribution < -0.4 is 33.1 Å². The molecule has 1 aliphatic carbocycles. The Hall–Kier alpha value is -6.62. The minimum absolute atomic E-state index is 0.00180. The molecule has 4 fully saturated rings. The molecule has 7 N–H and O–H groups in total. The number of hydrogen-bond acceptors (Lipinski definition) is 9. The van der Waals surface area contributed by atoms with Crippen molar-refractivity contribution < 1.29 is 33.6 Å². The van der Waals surface area contributed by atoms with Gasteiger partial charge in [-0.05, 0) is 105 Å². The first kappa shape index (κ1) is 46.9. The topological polar surface area (TPSA) is 241 Å². The second kappa shape index (κ2) is 20.5. The Kier molecular flexibility index (Phi) is 14.3. The summed E-state index contributed by atoms with van der Waals surface area (Å²) in [5, 5.41) is 8.27. The number of fused-ring (bicyclic) bond motifs is 2. The Bertz CT molecular complexity index is 2530. The molecule has 354 valence electrons. The van der Waals surface area contributed by atoms with Gasteiger partial charge in [0.05, 0.1) is 17.1 Å². The number of nitrogens with one attached hydrogen (secondary N) is 3. The van der Waals surface area contributed by atoms with E-state index in [1.807, 2.05) is 78.9 Å². The number of amides is 7. The molecule has 0 spiro atoms. The lowest BCUT2D eigenvalue weighted by Gasteiger charge is -2.39. The van der Waals surface area contributed by atoms with Crippen molar-refractivity contribution >= 4 is 52.4 Å². The second-order valence-corrected chi connectivity index (χ2v) is 18.8. The smallest absolute Gasteiger partial charge is 0.329 e. The summed E-state index contributed by atoms with van der Waals surface area (Å²) in [5.74, 6) is -2.59. The van der Waals surface area contributed by atoms with Gasteiger partial charge < -0.3 is 31.9 Å². The van der Waals surface area contributed by atoms with Crippen molar-refractivity contribution in [2.75, 3.05) is 13.1 Å². The maximum Gasteiger partial charge on any atom is 0.329 e. The molecule has 1 aromatic heterocycles. The Morgan fingerprint density at radius 1 is 0.806 bits per heavy atom. The van der Waals surface area contributed by atoms with Crippen molar-refractivity contribution in [2.45, 2.75) is 120 Å². The van der Waals surface area contributed by atoms with Crippen LogP contribution in [0.15, 0.2) is 83.7 Å². The Morgan fingerprint density at radius 2 is 1.49 bits per heavy atom. The zero-order valence-electron chi connectivity index (χ0n) is 37.9. The molecule has 17 heteroatoms. The maximum absolute atomic E-state index is 14.1. The first-order valence-electron chi connectivity index (χ1n) is 23.7. The molecule has 5 atom stereocenters. The Morgan fingerprint density at radius 3 is 2.15 bits per heavy atom. The number of hydrogen-bond donors (Lipinski definition) is 5. The van der Waals surface area contributed by atoms with Gasteiger partial charge in [0, 0.05) is 44.9 Å². The van der Waals surface area contributed by atoms with Crippen LogP contribution in [-0.2, 0) is 47.0 Å². The number of imidazole rings is 1. The molecule has 7 amide bonds. The molecular formula is C50H61N9O8. The SMILES string of the molecule is Cn1c(=O)n(C2CCC(=O)NC2=O)c2ccc(CC[C@H]3CC[C@@H](C(=O)N4CC[C@H]5CC[C@@H](C(=O)N[C@@H](CCC(N)=O)C(=O)NC(c6ccccc6)c6ccccc6)N5C(=O)[C@@H](N)C4)CC3)cc21. The average Bonchev–Trinajstić information content (AvgIpc) is 3.86. The van der Waals surface area contributed by atoms with E-state index in [0.29, 0.717) is 37.2 Å². The molecule has 0 radical (unpaired) electrons. The lowest BCUT2D eigenvalue weighted by molar-refractivity contribution is -0.146. The number of nitrogens with zero attached hydrogens (tertiary/aromatic N) is 4. The summed E-state index contributed by atoms with van der Waals surface area (Å²) in [7, 11) is 1.69. The fourth-order valence-corrected chi connectivity index (χ4v) is 10.7. The monoisotopic (exact) mass is 915 g/mol. The molecule has 4 aromatic rings. The molecule has 0 bridgehead atoms. The predicted molar refractivity (Wildman–Crippen MR) is 248 cm³/mol.